The van der Waals surface area contributed by atoms with Gasteiger partial charge in [0.25, 0.3) is 0 Å². The minimum absolute atomic E-state index is 0.162. The number of nitrogens with zero attached hydrogens (tertiary/aromatic N) is 2. The van der Waals surface area contributed by atoms with E-state index in [-0.39, 0.29) is 5.54 Å². The van der Waals surface area contributed by atoms with Gasteiger partial charge in [0.15, 0.2) is 5.75 Å². The van der Waals surface area contributed by atoms with Crippen LogP contribution >= 0.6 is 0 Å². The summed E-state index contributed by atoms with van der Waals surface area (Å²) in [5.41, 5.74) is 6.50. The molecular formula is C31H33N3O. The van der Waals surface area contributed by atoms with Crippen LogP contribution in [-0.4, -0.2) is 24.5 Å². The number of aromatic nitrogens is 1. The van der Waals surface area contributed by atoms with E-state index in [1.807, 2.05) is 38.1 Å². The fourth-order valence-corrected chi connectivity index (χ4v) is 5.46. The number of nitrogens with one attached hydrogen (secondary N) is 1. The maximum absolute atomic E-state index is 6.04. The average molecular weight is 464 g/mol. The van der Waals surface area contributed by atoms with Crippen LogP contribution in [0.15, 0.2) is 83.9 Å². The van der Waals surface area contributed by atoms with Crippen LogP contribution in [0.25, 0.3) is 22.2 Å². The molecule has 4 nitrogen and oxygen atoms in total. The normalized spacial score (nSPS) is 18.7. The Labute approximate surface area is 208 Å². The Morgan fingerprint density at radius 2 is 1.60 bits per heavy atom. The fourth-order valence-electron chi connectivity index (χ4n) is 5.46. The number of rotatable bonds is 3. The van der Waals surface area contributed by atoms with E-state index in [1.165, 1.54) is 24.0 Å². The van der Waals surface area contributed by atoms with Gasteiger partial charge in [-0.05, 0) is 36.5 Å². The molecule has 35 heavy (non-hydrogen) atoms. The lowest BCUT2D eigenvalue weighted by Crippen LogP contribution is -2.43. The molecule has 1 aromatic heterocycles. The third-order valence-corrected chi connectivity index (χ3v) is 7.03. The lowest BCUT2D eigenvalue weighted by Gasteiger charge is -2.31. The Morgan fingerprint density at radius 3 is 2.43 bits per heavy atom. The molecule has 0 amide bonds. The number of pyridine rings is 1. The smallest absolute Gasteiger partial charge is 0.156 e. The van der Waals surface area contributed by atoms with Crippen LogP contribution in [0, 0.1) is 0 Å². The van der Waals surface area contributed by atoms with E-state index in [1.54, 1.807) is 7.11 Å². The van der Waals surface area contributed by atoms with Gasteiger partial charge in [-0.15, -0.1) is 0 Å². The highest BCUT2D eigenvalue weighted by molar-refractivity contribution is 6.14. The number of aliphatic imine (C=N–C) groups is 1. The van der Waals surface area contributed by atoms with E-state index >= 15 is 0 Å². The van der Waals surface area contributed by atoms with Crippen LogP contribution < -0.4 is 10.1 Å². The van der Waals surface area contributed by atoms with E-state index < -0.39 is 0 Å². The Morgan fingerprint density at radius 1 is 0.857 bits per heavy atom. The SMILES string of the molecule is CC.COc1c(-c2ccccc2)nc2ccccc2c1C1=NCC2(CCCCc3ccccc32)N1. The Kier molecular flexibility index (Phi) is 6.54. The third kappa shape index (κ3) is 4.07. The summed E-state index contributed by atoms with van der Waals surface area (Å²) in [5, 5.41) is 4.96. The molecule has 0 bridgehead atoms. The maximum Gasteiger partial charge on any atom is 0.156 e. The highest BCUT2D eigenvalue weighted by atomic mass is 16.5. The lowest BCUT2D eigenvalue weighted by molar-refractivity contribution is 0.389. The minimum atomic E-state index is -0.162. The van der Waals surface area contributed by atoms with Crippen LogP contribution in [0.5, 0.6) is 5.75 Å². The first-order valence-corrected chi connectivity index (χ1v) is 12.7. The number of aryl methyl sites for hydroxylation is 1. The highest BCUT2D eigenvalue weighted by Gasteiger charge is 2.40. The van der Waals surface area contributed by atoms with Gasteiger partial charge in [0.2, 0.25) is 0 Å². The molecule has 178 valence electrons. The molecule has 1 aliphatic carbocycles. The Hall–Kier alpha value is -3.66. The quantitative estimate of drug-likeness (QED) is 0.359. The number of amidine groups is 1. The molecule has 1 atom stereocenters. The molecule has 1 unspecified atom stereocenters. The van der Waals surface area contributed by atoms with Gasteiger partial charge in [0.05, 0.1) is 30.3 Å². The molecule has 1 spiro atoms. The second kappa shape index (κ2) is 9.91. The monoisotopic (exact) mass is 463 g/mol. The van der Waals surface area contributed by atoms with Crippen molar-refractivity contribution in [3.63, 3.8) is 0 Å². The van der Waals surface area contributed by atoms with Gasteiger partial charge in [0, 0.05) is 10.9 Å². The molecule has 1 N–H and O–H groups in total. The van der Waals surface area contributed by atoms with Gasteiger partial charge in [-0.3, -0.25) is 4.99 Å². The number of benzene rings is 3. The summed E-state index contributed by atoms with van der Waals surface area (Å²) < 4.78 is 6.04. The van der Waals surface area contributed by atoms with E-state index in [9.17, 15) is 0 Å². The Balaban J connectivity index is 0.00000124. The fraction of sp³-hybridized carbons (Fsp3) is 0.290. The van der Waals surface area contributed by atoms with Crippen molar-refractivity contribution in [2.24, 2.45) is 4.99 Å². The van der Waals surface area contributed by atoms with Crippen molar-refractivity contribution in [2.45, 2.75) is 45.1 Å². The van der Waals surface area contributed by atoms with E-state index in [2.05, 4.69) is 59.9 Å². The van der Waals surface area contributed by atoms with Crippen LogP contribution in [0.4, 0.5) is 0 Å². The van der Waals surface area contributed by atoms with Gasteiger partial charge in [-0.1, -0.05) is 93.1 Å². The molecule has 0 saturated heterocycles. The molecule has 0 fully saturated rings. The number of hydrogen-bond donors (Lipinski definition) is 1. The van der Waals surface area contributed by atoms with Crippen molar-refractivity contribution in [3.05, 3.63) is 95.6 Å². The Bertz CT molecular complexity index is 1360. The van der Waals surface area contributed by atoms with Gasteiger partial charge >= 0.3 is 0 Å². The molecule has 0 radical (unpaired) electrons. The molecule has 3 aromatic carbocycles. The molecule has 1 aliphatic heterocycles. The summed E-state index contributed by atoms with van der Waals surface area (Å²) in [4.78, 5) is 10.1. The van der Waals surface area contributed by atoms with Crippen molar-refractivity contribution >= 4 is 16.7 Å². The molecule has 0 saturated carbocycles. The largest absolute Gasteiger partial charge is 0.494 e. The van der Waals surface area contributed by atoms with Crippen molar-refractivity contribution in [3.8, 4) is 17.0 Å². The zero-order valence-corrected chi connectivity index (χ0v) is 20.8. The first-order chi connectivity index (χ1) is 17.3. The molecule has 4 aromatic rings. The zero-order valence-electron chi connectivity index (χ0n) is 20.8. The summed E-state index contributed by atoms with van der Waals surface area (Å²) >= 11 is 0. The summed E-state index contributed by atoms with van der Waals surface area (Å²) in [6.07, 6.45) is 4.62. The topological polar surface area (TPSA) is 46.5 Å². The van der Waals surface area contributed by atoms with Crippen LogP contribution in [0.2, 0.25) is 0 Å². The van der Waals surface area contributed by atoms with Gasteiger partial charge in [-0.25, -0.2) is 4.98 Å². The second-order valence-electron chi connectivity index (χ2n) is 8.99. The molecule has 4 heteroatoms. The maximum atomic E-state index is 6.04. The molecule has 2 heterocycles. The number of para-hydroxylation sites is 1. The average Bonchev–Trinajstić information content (AvgIpc) is 3.27. The minimum Gasteiger partial charge on any atom is -0.494 e. The number of methoxy groups -OCH3 is 1. The van der Waals surface area contributed by atoms with Crippen molar-refractivity contribution in [1.29, 1.82) is 0 Å². The van der Waals surface area contributed by atoms with E-state index in [0.29, 0.717) is 0 Å². The first kappa shape index (κ1) is 23.1. The zero-order chi connectivity index (χ0) is 24.3. The summed E-state index contributed by atoms with van der Waals surface area (Å²) in [7, 11) is 1.73. The third-order valence-electron chi connectivity index (χ3n) is 7.03. The predicted octanol–water partition coefficient (Wildman–Crippen LogP) is 6.91. The van der Waals surface area contributed by atoms with Crippen LogP contribution in [0.3, 0.4) is 0 Å². The number of fused-ring (bicyclic) bond motifs is 3. The number of hydrogen-bond acceptors (Lipinski definition) is 4. The van der Waals surface area contributed by atoms with Gasteiger partial charge in [0.1, 0.15) is 11.5 Å². The molecule has 6 rings (SSSR count). The van der Waals surface area contributed by atoms with Crippen LogP contribution in [0.1, 0.15) is 49.8 Å². The predicted molar refractivity (Wildman–Crippen MR) is 145 cm³/mol. The van der Waals surface area contributed by atoms with Gasteiger partial charge in [-0.2, -0.15) is 0 Å². The first-order valence-electron chi connectivity index (χ1n) is 12.7. The van der Waals surface area contributed by atoms with Gasteiger partial charge < -0.3 is 10.1 Å². The standard InChI is InChI=1S/C29H27N3O.C2H6/c1-33-27-25(22-15-6-8-17-24(22)31-26(27)21-13-3-2-4-14-21)28-30-19-29(32-28)18-10-9-12-20-11-5-7-16-23(20)29;1-2/h2-8,11,13-17H,9-10,12,18-19H2,1H3,(H,30,32);1-2H3. The van der Waals surface area contributed by atoms with Crippen molar-refractivity contribution in [2.75, 3.05) is 13.7 Å². The summed E-state index contributed by atoms with van der Waals surface area (Å²) in [6, 6.07) is 27.4. The number of ether oxygens (including phenoxy) is 1. The van der Waals surface area contributed by atoms with Crippen molar-refractivity contribution < 1.29 is 4.74 Å². The summed E-state index contributed by atoms with van der Waals surface area (Å²) in [5.74, 6) is 1.67. The summed E-state index contributed by atoms with van der Waals surface area (Å²) in [6.45, 7) is 4.74. The molecule has 2 aliphatic rings. The second-order valence-corrected chi connectivity index (χ2v) is 8.99. The van der Waals surface area contributed by atoms with E-state index in [0.717, 1.165) is 58.7 Å². The van der Waals surface area contributed by atoms with Crippen molar-refractivity contribution in [1.82, 2.24) is 10.3 Å². The highest BCUT2D eigenvalue weighted by Crippen LogP contribution is 2.41. The lowest BCUT2D eigenvalue weighted by atomic mass is 9.85. The van der Waals surface area contributed by atoms with Crippen LogP contribution in [-0.2, 0) is 12.0 Å². The molecular weight excluding hydrogens is 430 g/mol. The van der Waals surface area contributed by atoms with E-state index in [4.69, 9.17) is 14.7 Å².